The summed E-state index contributed by atoms with van der Waals surface area (Å²) in [5, 5.41) is 9.72. The molecule has 1 heterocycles. The molecule has 0 saturated heterocycles. The first kappa shape index (κ1) is 14.5. The quantitative estimate of drug-likeness (QED) is 0.738. The van der Waals surface area contributed by atoms with Crippen molar-refractivity contribution in [2.24, 2.45) is 4.99 Å². The third-order valence-corrected chi connectivity index (χ3v) is 3.97. The fraction of sp³-hybridized carbons (Fsp3) is 0.818. The molecule has 17 heavy (non-hydrogen) atoms. The highest BCUT2D eigenvalue weighted by atomic mass is 32.2. The minimum Gasteiger partial charge on any atom is -0.479 e. The van der Waals surface area contributed by atoms with Gasteiger partial charge in [0.25, 0.3) is 0 Å². The van der Waals surface area contributed by atoms with Gasteiger partial charge in [0.2, 0.25) is 5.79 Å². The summed E-state index contributed by atoms with van der Waals surface area (Å²) in [4.78, 5) is 15.4. The van der Waals surface area contributed by atoms with Crippen molar-refractivity contribution in [1.29, 1.82) is 0 Å². The molecule has 0 bridgehead atoms. The molecule has 0 aliphatic carbocycles. The monoisotopic (exact) mass is 261 g/mol. The Morgan fingerprint density at radius 1 is 1.53 bits per heavy atom. The molecular weight excluding hydrogens is 242 g/mol. The van der Waals surface area contributed by atoms with Crippen LogP contribution in [0.4, 0.5) is 0 Å². The highest BCUT2D eigenvalue weighted by molar-refractivity contribution is 8.14. The summed E-state index contributed by atoms with van der Waals surface area (Å²) in [6.07, 6.45) is 0. The second kappa shape index (κ2) is 5.37. The molecule has 0 spiro atoms. The molecule has 0 amide bonds. The number of aliphatic carboxylic acids is 1. The van der Waals surface area contributed by atoms with E-state index in [0.29, 0.717) is 24.0 Å². The molecule has 1 aliphatic heterocycles. The summed E-state index contributed by atoms with van der Waals surface area (Å²) in [7, 11) is 0. The predicted octanol–water partition coefficient (Wildman–Crippen LogP) is 1.76. The van der Waals surface area contributed by atoms with Crippen LogP contribution in [0, 0.1) is 0 Å². The molecule has 5 nitrogen and oxygen atoms in total. The lowest BCUT2D eigenvalue weighted by Crippen LogP contribution is -2.40. The zero-order chi connectivity index (χ0) is 13.1. The summed E-state index contributed by atoms with van der Waals surface area (Å²) in [5.41, 5.74) is -1.07. The summed E-state index contributed by atoms with van der Waals surface area (Å²) >= 11 is 1.38. The Kier molecular flexibility index (Phi) is 4.57. The highest BCUT2D eigenvalue weighted by Crippen LogP contribution is 2.34. The van der Waals surface area contributed by atoms with Gasteiger partial charge in [0.15, 0.2) is 5.54 Å². The zero-order valence-corrected chi connectivity index (χ0v) is 11.5. The molecule has 0 saturated carbocycles. The van der Waals surface area contributed by atoms with Gasteiger partial charge in [-0.05, 0) is 27.7 Å². The van der Waals surface area contributed by atoms with Crippen molar-refractivity contribution in [3.63, 3.8) is 0 Å². The fourth-order valence-electron chi connectivity index (χ4n) is 1.56. The first-order valence-electron chi connectivity index (χ1n) is 5.62. The summed E-state index contributed by atoms with van der Waals surface area (Å²) < 4.78 is 11.1. The van der Waals surface area contributed by atoms with Crippen LogP contribution in [0.25, 0.3) is 0 Å². The van der Waals surface area contributed by atoms with Gasteiger partial charge in [-0.1, -0.05) is 0 Å². The van der Waals surface area contributed by atoms with Crippen LogP contribution in [-0.4, -0.2) is 46.4 Å². The number of carbonyl (C=O) groups is 1. The Hall–Kier alpha value is -0.590. The van der Waals surface area contributed by atoms with Gasteiger partial charge in [-0.3, -0.25) is 4.99 Å². The molecule has 98 valence electrons. The van der Waals surface area contributed by atoms with Crippen molar-refractivity contribution in [3.8, 4) is 0 Å². The van der Waals surface area contributed by atoms with Gasteiger partial charge >= 0.3 is 5.97 Å². The topological polar surface area (TPSA) is 68.1 Å². The Morgan fingerprint density at radius 2 is 2.06 bits per heavy atom. The number of aliphatic imine (C=N–C) groups is 1. The summed E-state index contributed by atoms with van der Waals surface area (Å²) in [6, 6.07) is 0. The molecule has 0 fully saturated rings. The minimum atomic E-state index is -1.07. The standard InChI is InChI=1S/C11H19NO4S/c1-5-15-11(4,16-6-2)8-12-10(3,7-17-8)9(13)14/h5-7H2,1-4H3,(H,13,14)/t10-/m0/s1. The van der Waals surface area contributed by atoms with E-state index < -0.39 is 17.3 Å². The van der Waals surface area contributed by atoms with Crippen LogP contribution in [0.2, 0.25) is 0 Å². The number of carboxylic acid groups (broad SMARTS) is 1. The van der Waals surface area contributed by atoms with Gasteiger partial charge < -0.3 is 14.6 Å². The van der Waals surface area contributed by atoms with Crippen LogP contribution < -0.4 is 0 Å². The molecule has 1 atom stereocenters. The van der Waals surface area contributed by atoms with E-state index in [1.54, 1.807) is 13.8 Å². The van der Waals surface area contributed by atoms with Gasteiger partial charge in [-0.2, -0.15) is 0 Å². The van der Waals surface area contributed by atoms with Crippen molar-refractivity contribution in [1.82, 2.24) is 0 Å². The zero-order valence-electron chi connectivity index (χ0n) is 10.6. The largest absolute Gasteiger partial charge is 0.479 e. The first-order valence-corrected chi connectivity index (χ1v) is 6.61. The maximum atomic E-state index is 11.1. The minimum absolute atomic E-state index is 0.410. The maximum Gasteiger partial charge on any atom is 0.332 e. The Bertz CT molecular complexity index is 325. The Morgan fingerprint density at radius 3 is 2.41 bits per heavy atom. The SMILES string of the molecule is CCOC(C)(OCC)C1=N[C@](C)(C(=O)O)CS1. The third-order valence-electron chi connectivity index (χ3n) is 2.53. The van der Waals surface area contributed by atoms with Crippen molar-refractivity contribution in [2.45, 2.75) is 39.0 Å². The molecule has 1 aliphatic rings. The smallest absolute Gasteiger partial charge is 0.332 e. The van der Waals surface area contributed by atoms with Gasteiger partial charge in [0, 0.05) is 19.0 Å². The van der Waals surface area contributed by atoms with E-state index in [0.717, 1.165) is 0 Å². The third kappa shape index (κ3) is 3.00. The molecule has 0 unspecified atom stereocenters. The van der Waals surface area contributed by atoms with E-state index in [-0.39, 0.29) is 0 Å². The normalized spacial score (nSPS) is 24.8. The van der Waals surface area contributed by atoms with E-state index in [9.17, 15) is 4.79 Å². The van der Waals surface area contributed by atoms with Crippen LogP contribution in [0.15, 0.2) is 4.99 Å². The lowest BCUT2D eigenvalue weighted by molar-refractivity contribution is -0.169. The van der Waals surface area contributed by atoms with Crippen molar-refractivity contribution in [3.05, 3.63) is 0 Å². The van der Waals surface area contributed by atoms with E-state index in [2.05, 4.69) is 4.99 Å². The molecule has 0 aromatic rings. The Balaban J connectivity index is 2.94. The molecule has 6 heteroatoms. The number of hydrogen-bond donors (Lipinski definition) is 1. The van der Waals surface area contributed by atoms with E-state index in [1.807, 2.05) is 13.8 Å². The molecular formula is C11H19NO4S. The van der Waals surface area contributed by atoms with Crippen LogP contribution in [0.5, 0.6) is 0 Å². The number of carboxylic acids is 1. The van der Waals surface area contributed by atoms with Gasteiger partial charge in [0.1, 0.15) is 5.04 Å². The van der Waals surface area contributed by atoms with Crippen molar-refractivity contribution < 1.29 is 19.4 Å². The molecule has 0 aromatic heterocycles. The Labute approximate surface area is 106 Å². The average Bonchev–Trinajstić information content (AvgIpc) is 2.64. The van der Waals surface area contributed by atoms with Crippen molar-refractivity contribution >= 4 is 22.8 Å². The molecule has 0 aromatic carbocycles. The summed E-state index contributed by atoms with van der Waals surface area (Å²) in [5.74, 6) is -1.44. The predicted molar refractivity (Wildman–Crippen MR) is 67.6 cm³/mol. The number of hydrogen-bond acceptors (Lipinski definition) is 5. The number of rotatable bonds is 6. The molecule has 1 N–H and O–H groups in total. The van der Waals surface area contributed by atoms with Crippen LogP contribution in [0.1, 0.15) is 27.7 Å². The van der Waals surface area contributed by atoms with E-state index in [4.69, 9.17) is 14.6 Å². The second-order valence-electron chi connectivity index (χ2n) is 4.10. The van der Waals surface area contributed by atoms with Gasteiger partial charge in [-0.15, -0.1) is 11.8 Å². The molecule has 0 radical (unpaired) electrons. The van der Waals surface area contributed by atoms with Crippen LogP contribution in [0.3, 0.4) is 0 Å². The summed E-state index contributed by atoms with van der Waals surface area (Å²) in [6.45, 7) is 8.09. The van der Waals surface area contributed by atoms with Crippen molar-refractivity contribution in [2.75, 3.05) is 19.0 Å². The van der Waals surface area contributed by atoms with E-state index >= 15 is 0 Å². The van der Waals surface area contributed by atoms with Gasteiger partial charge in [0.05, 0.1) is 0 Å². The maximum absolute atomic E-state index is 11.1. The van der Waals surface area contributed by atoms with Crippen LogP contribution >= 0.6 is 11.8 Å². The number of ether oxygens (including phenoxy) is 2. The molecule has 1 rings (SSSR count). The van der Waals surface area contributed by atoms with Crippen LogP contribution in [-0.2, 0) is 14.3 Å². The lowest BCUT2D eigenvalue weighted by Gasteiger charge is -2.28. The fourth-order valence-corrected chi connectivity index (χ4v) is 2.81. The number of thioether (sulfide) groups is 1. The van der Waals surface area contributed by atoms with E-state index in [1.165, 1.54) is 11.8 Å². The lowest BCUT2D eigenvalue weighted by atomic mass is 10.1. The number of nitrogens with zero attached hydrogens (tertiary/aromatic N) is 1. The second-order valence-corrected chi connectivity index (χ2v) is 5.06. The van der Waals surface area contributed by atoms with Gasteiger partial charge in [-0.25, -0.2) is 4.79 Å². The first-order chi connectivity index (χ1) is 7.88. The average molecular weight is 261 g/mol. The highest BCUT2D eigenvalue weighted by Gasteiger charge is 2.45.